The van der Waals surface area contributed by atoms with Crippen LogP contribution in [-0.4, -0.2) is 22.2 Å². The Balaban J connectivity index is 1.81. The lowest BCUT2D eigenvalue weighted by Gasteiger charge is -2.20. The number of hydrogen-bond acceptors (Lipinski definition) is 4. The van der Waals surface area contributed by atoms with Crippen molar-refractivity contribution in [3.63, 3.8) is 0 Å². The molecule has 0 saturated heterocycles. The van der Waals surface area contributed by atoms with Crippen LogP contribution in [0.5, 0.6) is 0 Å². The molecule has 15 heavy (non-hydrogen) atoms. The quantitative estimate of drug-likeness (QED) is 0.741. The first-order chi connectivity index (χ1) is 7.36. The Morgan fingerprint density at radius 3 is 3.07 bits per heavy atom. The molecule has 2 atom stereocenters. The summed E-state index contributed by atoms with van der Waals surface area (Å²) in [6.07, 6.45) is 8.46. The monoisotopic (exact) mass is 210 g/mol. The van der Waals surface area contributed by atoms with Gasteiger partial charge in [0.1, 0.15) is 5.76 Å². The van der Waals surface area contributed by atoms with Crippen molar-refractivity contribution >= 4 is 0 Å². The lowest BCUT2D eigenvalue weighted by atomic mass is 10.1. The van der Waals surface area contributed by atoms with Crippen LogP contribution in [0.25, 0.3) is 0 Å². The molecule has 84 valence electrons. The van der Waals surface area contributed by atoms with E-state index in [-0.39, 0.29) is 12.1 Å². The molecule has 2 unspecified atom stereocenters. The number of rotatable bonds is 3. The van der Waals surface area contributed by atoms with Gasteiger partial charge in [0, 0.05) is 6.04 Å². The van der Waals surface area contributed by atoms with E-state index in [0.717, 1.165) is 25.0 Å². The molecule has 0 spiro atoms. The van der Waals surface area contributed by atoms with Gasteiger partial charge < -0.3 is 14.8 Å². The summed E-state index contributed by atoms with van der Waals surface area (Å²) >= 11 is 0. The van der Waals surface area contributed by atoms with E-state index in [2.05, 4.69) is 10.3 Å². The van der Waals surface area contributed by atoms with E-state index in [9.17, 15) is 5.11 Å². The molecule has 2 rings (SSSR count). The van der Waals surface area contributed by atoms with Crippen LogP contribution in [-0.2, 0) is 6.54 Å². The molecule has 1 aliphatic carbocycles. The average Bonchev–Trinajstić information content (AvgIpc) is 2.67. The molecule has 1 fully saturated rings. The fraction of sp³-hybridized carbons (Fsp3) is 0.727. The Morgan fingerprint density at radius 1 is 1.40 bits per heavy atom. The van der Waals surface area contributed by atoms with Crippen molar-refractivity contribution in [2.24, 2.45) is 0 Å². The molecule has 0 radical (unpaired) electrons. The Morgan fingerprint density at radius 2 is 2.27 bits per heavy atom. The molecule has 1 aliphatic rings. The second kappa shape index (κ2) is 5.28. The zero-order valence-electron chi connectivity index (χ0n) is 8.85. The Labute approximate surface area is 89.7 Å². The predicted molar refractivity (Wildman–Crippen MR) is 56.2 cm³/mol. The van der Waals surface area contributed by atoms with Gasteiger partial charge in [-0.3, -0.25) is 0 Å². The van der Waals surface area contributed by atoms with Gasteiger partial charge in [0.25, 0.3) is 0 Å². The Kier molecular flexibility index (Phi) is 3.75. The number of nitrogens with zero attached hydrogens (tertiary/aromatic N) is 1. The highest BCUT2D eigenvalue weighted by molar-refractivity contribution is 4.89. The van der Waals surface area contributed by atoms with Gasteiger partial charge in [-0.25, -0.2) is 4.98 Å². The van der Waals surface area contributed by atoms with Crippen molar-refractivity contribution in [3.8, 4) is 0 Å². The summed E-state index contributed by atoms with van der Waals surface area (Å²) in [7, 11) is 0. The topological polar surface area (TPSA) is 58.3 Å². The molecule has 0 bridgehead atoms. The summed E-state index contributed by atoms with van der Waals surface area (Å²) in [4.78, 5) is 3.85. The minimum atomic E-state index is -0.213. The normalized spacial score (nSPS) is 27.5. The second-order valence-corrected chi connectivity index (χ2v) is 4.16. The van der Waals surface area contributed by atoms with Crippen molar-refractivity contribution in [3.05, 3.63) is 18.4 Å². The molecule has 0 aliphatic heterocycles. The number of nitrogens with one attached hydrogen (secondary N) is 1. The first-order valence-corrected chi connectivity index (χ1v) is 5.65. The second-order valence-electron chi connectivity index (χ2n) is 4.16. The molecule has 1 saturated carbocycles. The third kappa shape index (κ3) is 3.04. The van der Waals surface area contributed by atoms with E-state index >= 15 is 0 Å². The molecule has 4 nitrogen and oxygen atoms in total. The zero-order chi connectivity index (χ0) is 10.5. The van der Waals surface area contributed by atoms with Crippen LogP contribution in [0.4, 0.5) is 0 Å². The number of aliphatic hydroxyl groups excluding tert-OH is 1. The van der Waals surface area contributed by atoms with Gasteiger partial charge in [-0.05, 0) is 12.8 Å². The molecule has 1 aromatic heterocycles. The third-order valence-electron chi connectivity index (χ3n) is 3.00. The first kappa shape index (κ1) is 10.6. The van der Waals surface area contributed by atoms with Crippen molar-refractivity contribution in [1.29, 1.82) is 0 Å². The van der Waals surface area contributed by atoms with Crippen LogP contribution < -0.4 is 5.32 Å². The van der Waals surface area contributed by atoms with Gasteiger partial charge in [0.05, 0.1) is 18.8 Å². The van der Waals surface area contributed by atoms with E-state index in [1.165, 1.54) is 19.2 Å². The minimum Gasteiger partial charge on any atom is -0.447 e. The van der Waals surface area contributed by atoms with Crippen LogP contribution in [0.15, 0.2) is 17.0 Å². The zero-order valence-corrected chi connectivity index (χ0v) is 8.85. The van der Waals surface area contributed by atoms with Crippen LogP contribution in [0, 0.1) is 0 Å². The number of aliphatic hydroxyl groups is 1. The van der Waals surface area contributed by atoms with Gasteiger partial charge >= 0.3 is 0 Å². The van der Waals surface area contributed by atoms with Crippen LogP contribution >= 0.6 is 0 Å². The maximum Gasteiger partial charge on any atom is 0.180 e. The predicted octanol–water partition coefficient (Wildman–Crippen LogP) is 1.46. The molecule has 1 aromatic rings. The highest BCUT2D eigenvalue weighted by Crippen LogP contribution is 2.18. The largest absolute Gasteiger partial charge is 0.447 e. The van der Waals surface area contributed by atoms with E-state index in [4.69, 9.17) is 4.42 Å². The van der Waals surface area contributed by atoms with E-state index in [1.807, 2.05) is 0 Å². The van der Waals surface area contributed by atoms with Crippen LogP contribution in [0.2, 0.25) is 0 Å². The maximum absolute atomic E-state index is 9.87. The minimum absolute atomic E-state index is 0.206. The molecular weight excluding hydrogens is 192 g/mol. The van der Waals surface area contributed by atoms with Gasteiger partial charge in [0.2, 0.25) is 0 Å². The van der Waals surface area contributed by atoms with Crippen molar-refractivity contribution in [1.82, 2.24) is 10.3 Å². The third-order valence-corrected chi connectivity index (χ3v) is 3.00. The number of aromatic nitrogens is 1. The highest BCUT2D eigenvalue weighted by Gasteiger charge is 2.20. The summed E-state index contributed by atoms with van der Waals surface area (Å²) in [6.45, 7) is 0.654. The smallest absolute Gasteiger partial charge is 0.180 e. The SMILES string of the molecule is OC1CCCCCC1NCc1cnco1. The fourth-order valence-electron chi connectivity index (χ4n) is 2.09. The maximum atomic E-state index is 9.87. The van der Waals surface area contributed by atoms with E-state index < -0.39 is 0 Å². The lowest BCUT2D eigenvalue weighted by molar-refractivity contribution is 0.118. The molecule has 1 heterocycles. The highest BCUT2D eigenvalue weighted by atomic mass is 16.3. The standard InChI is InChI=1S/C11H18N2O2/c14-11-5-3-1-2-4-10(11)13-7-9-6-12-8-15-9/h6,8,10-11,13-14H,1-5,7H2. The van der Waals surface area contributed by atoms with E-state index in [1.54, 1.807) is 6.20 Å². The van der Waals surface area contributed by atoms with E-state index in [0.29, 0.717) is 6.54 Å². The van der Waals surface area contributed by atoms with Crippen molar-refractivity contribution in [2.75, 3.05) is 0 Å². The first-order valence-electron chi connectivity index (χ1n) is 5.65. The van der Waals surface area contributed by atoms with Crippen LogP contribution in [0.1, 0.15) is 37.9 Å². The molecule has 2 N–H and O–H groups in total. The van der Waals surface area contributed by atoms with Gasteiger partial charge in [0.15, 0.2) is 6.39 Å². The molecule has 0 aromatic carbocycles. The lowest BCUT2D eigenvalue weighted by Crippen LogP contribution is -2.38. The average molecular weight is 210 g/mol. The molecule has 4 heteroatoms. The summed E-state index contributed by atoms with van der Waals surface area (Å²) < 4.78 is 5.14. The van der Waals surface area contributed by atoms with Crippen molar-refractivity contribution < 1.29 is 9.52 Å². The summed E-state index contributed by atoms with van der Waals surface area (Å²) in [5.74, 6) is 0.825. The number of hydrogen-bond donors (Lipinski definition) is 2. The summed E-state index contributed by atoms with van der Waals surface area (Å²) in [5.41, 5.74) is 0. The fourth-order valence-corrected chi connectivity index (χ4v) is 2.09. The summed E-state index contributed by atoms with van der Waals surface area (Å²) in [6, 6.07) is 0.206. The van der Waals surface area contributed by atoms with Crippen molar-refractivity contribution in [2.45, 2.75) is 50.8 Å². The van der Waals surface area contributed by atoms with Crippen LogP contribution in [0.3, 0.4) is 0 Å². The molecular formula is C11H18N2O2. The summed E-state index contributed by atoms with van der Waals surface area (Å²) in [5, 5.41) is 13.2. The van der Waals surface area contributed by atoms with Gasteiger partial charge in [-0.1, -0.05) is 19.3 Å². The Hall–Kier alpha value is -0.870. The molecule has 0 amide bonds. The van der Waals surface area contributed by atoms with Gasteiger partial charge in [-0.15, -0.1) is 0 Å². The number of oxazole rings is 1. The van der Waals surface area contributed by atoms with Gasteiger partial charge in [-0.2, -0.15) is 0 Å². The Bertz CT molecular complexity index is 274.